The van der Waals surface area contributed by atoms with Gasteiger partial charge in [-0.15, -0.1) is 0 Å². The highest BCUT2D eigenvalue weighted by atomic mass is 16.4. The van der Waals surface area contributed by atoms with Crippen LogP contribution in [-0.2, 0) is 6.42 Å². The van der Waals surface area contributed by atoms with E-state index >= 15 is 0 Å². The number of benzene rings is 1. The first-order valence-electron chi connectivity index (χ1n) is 6.20. The molecule has 1 N–H and O–H groups in total. The first-order valence-corrected chi connectivity index (χ1v) is 6.20. The summed E-state index contributed by atoms with van der Waals surface area (Å²) in [5, 5.41) is 12.9. The molecule has 0 aromatic heterocycles. The minimum atomic E-state index is 0.494. The van der Waals surface area contributed by atoms with E-state index in [1.807, 2.05) is 6.07 Å². The summed E-state index contributed by atoms with van der Waals surface area (Å²) in [6, 6.07) is 8.38. The van der Waals surface area contributed by atoms with Crippen molar-refractivity contribution in [3.8, 4) is 0 Å². The first-order chi connectivity index (χ1) is 7.90. The molecule has 1 saturated carbocycles. The summed E-state index contributed by atoms with van der Waals surface area (Å²) in [5.74, 6) is 1.20. The summed E-state index contributed by atoms with van der Waals surface area (Å²) in [6.45, 7) is 0. The second-order valence-electron chi connectivity index (χ2n) is 5.00. The summed E-state index contributed by atoms with van der Waals surface area (Å²) in [4.78, 5) is 0. The Balaban J connectivity index is 2.06. The van der Waals surface area contributed by atoms with Crippen LogP contribution in [0.2, 0.25) is 0 Å². The van der Waals surface area contributed by atoms with Crippen LogP contribution in [0, 0.1) is 11.8 Å². The molecule has 84 valence electrons. The van der Waals surface area contributed by atoms with Crippen molar-refractivity contribution in [2.45, 2.75) is 32.1 Å². The lowest BCUT2D eigenvalue weighted by atomic mass is 9.68. The molecule has 2 atom stereocenters. The Labute approximate surface area is 96.0 Å². The second kappa shape index (κ2) is 3.93. The standard InChI is InChI=1S/C14H17NO/c16-15-14-12-7-3-1-5-10(12)9-11-6-2-4-8-13(11)14/h1,3,5,7,11,13,16H,2,4,6,8-9H2/b15-14-. The fourth-order valence-corrected chi connectivity index (χ4v) is 3.37. The monoisotopic (exact) mass is 215 g/mol. The molecule has 2 unspecified atom stereocenters. The lowest BCUT2D eigenvalue weighted by Crippen LogP contribution is -2.34. The van der Waals surface area contributed by atoms with Crippen molar-refractivity contribution in [3.05, 3.63) is 35.4 Å². The van der Waals surface area contributed by atoms with E-state index < -0.39 is 0 Å². The Morgan fingerprint density at radius 1 is 1.12 bits per heavy atom. The molecule has 0 amide bonds. The zero-order valence-electron chi connectivity index (χ0n) is 9.39. The van der Waals surface area contributed by atoms with Gasteiger partial charge in [0.15, 0.2) is 0 Å². The van der Waals surface area contributed by atoms with Crippen LogP contribution >= 0.6 is 0 Å². The van der Waals surface area contributed by atoms with Crippen molar-refractivity contribution in [2.75, 3.05) is 0 Å². The van der Waals surface area contributed by atoms with Gasteiger partial charge in [0, 0.05) is 11.5 Å². The smallest absolute Gasteiger partial charge is 0.0904 e. The number of nitrogens with zero attached hydrogens (tertiary/aromatic N) is 1. The molecule has 0 spiro atoms. The summed E-state index contributed by atoms with van der Waals surface area (Å²) in [6.07, 6.45) is 6.26. The van der Waals surface area contributed by atoms with Crippen LogP contribution in [0.5, 0.6) is 0 Å². The SMILES string of the molecule is O/N=C1/c2ccccc2CC2CCCCC12. The number of hydrogen-bond donors (Lipinski definition) is 1. The fourth-order valence-electron chi connectivity index (χ4n) is 3.37. The van der Waals surface area contributed by atoms with Gasteiger partial charge >= 0.3 is 0 Å². The molecule has 1 aromatic rings. The van der Waals surface area contributed by atoms with Gasteiger partial charge in [-0.3, -0.25) is 0 Å². The van der Waals surface area contributed by atoms with Crippen molar-refractivity contribution in [1.29, 1.82) is 0 Å². The van der Waals surface area contributed by atoms with E-state index in [1.54, 1.807) is 0 Å². The zero-order valence-corrected chi connectivity index (χ0v) is 9.39. The highest BCUT2D eigenvalue weighted by molar-refractivity contribution is 6.04. The average molecular weight is 215 g/mol. The van der Waals surface area contributed by atoms with E-state index in [0.717, 1.165) is 5.71 Å². The van der Waals surface area contributed by atoms with Gasteiger partial charge in [-0.2, -0.15) is 0 Å². The van der Waals surface area contributed by atoms with Gasteiger partial charge < -0.3 is 5.21 Å². The third kappa shape index (κ3) is 1.44. The molecule has 1 aromatic carbocycles. The highest BCUT2D eigenvalue weighted by Crippen LogP contribution is 2.39. The minimum absolute atomic E-state index is 0.494. The van der Waals surface area contributed by atoms with Crippen molar-refractivity contribution in [3.63, 3.8) is 0 Å². The van der Waals surface area contributed by atoms with E-state index in [2.05, 4.69) is 23.4 Å². The maximum atomic E-state index is 9.26. The molecule has 0 radical (unpaired) electrons. The van der Waals surface area contributed by atoms with Crippen molar-refractivity contribution in [1.82, 2.24) is 0 Å². The Kier molecular flexibility index (Phi) is 2.43. The number of rotatable bonds is 0. The van der Waals surface area contributed by atoms with Gasteiger partial charge in [0.25, 0.3) is 0 Å². The molecule has 1 fully saturated rings. The molecule has 2 aliphatic rings. The molecule has 16 heavy (non-hydrogen) atoms. The third-order valence-corrected chi connectivity index (χ3v) is 4.14. The molecular weight excluding hydrogens is 198 g/mol. The maximum absolute atomic E-state index is 9.26. The number of fused-ring (bicyclic) bond motifs is 2. The first kappa shape index (κ1) is 9.88. The lowest BCUT2D eigenvalue weighted by Gasteiger charge is -2.36. The van der Waals surface area contributed by atoms with Crippen LogP contribution in [0.25, 0.3) is 0 Å². The lowest BCUT2D eigenvalue weighted by molar-refractivity contribution is 0.270. The number of hydrogen-bond acceptors (Lipinski definition) is 2. The molecule has 3 rings (SSSR count). The van der Waals surface area contributed by atoms with Crippen LogP contribution < -0.4 is 0 Å². The molecular formula is C14H17NO. The fraction of sp³-hybridized carbons (Fsp3) is 0.500. The Hall–Kier alpha value is -1.31. The van der Waals surface area contributed by atoms with E-state index in [0.29, 0.717) is 11.8 Å². The van der Waals surface area contributed by atoms with Crippen LogP contribution in [0.3, 0.4) is 0 Å². The van der Waals surface area contributed by atoms with Crippen molar-refractivity contribution >= 4 is 5.71 Å². The number of oxime groups is 1. The van der Waals surface area contributed by atoms with E-state index in [9.17, 15) is 5.21 Å². The highest BCUT2D eigenvalue weighted by Gasteiger charge is 2.35. The largest absolute Gasteiger partial charge is 0.411 e. The van der Waals surface area contributed by atoms with Crippen LogP contribution in [0.15, 0.2) is 29.4 Å². The molecule has 0 aliphatic heterocycles. The summed E-state index contributed by atoms with van der Waals surface area (Å²) in [5.41, 5.74) is 3.47. The molecule has 2 nitrogen and oxygen atoms in total. The van der Waals surface area contributed by atoms with Crippen LogP contribution in [-0.4, -0.2) is 10.9 Å². The molecule has 0 heterocycles. The topological polar surface area (TPSA) is 32.6 Å². The van der Waals surface area contributed by atoms with Gasteiger partial charge in [0.1, 0.15) is 0 Å². The third-order valence-electron chi connectivity index (χ3n) is 4.14. The van der Waals surface area contributed by atoms with Gasteiger partial charge in [-0.25, -0.2) is 0 Å². The normalized spacial score (nSPS) is 30.9. The van der Waals surface area contributed by atoms with Crippen molar-refractivity contribution < 1.29 is 5.21 Å². The van der Waals surface area contributed by atoms with E-state index in [4.69, 9.17) is 0 Å². The van der Waals surface area contributed by atoms with Crippen molar-refractivity contribution in [2.24, 2.45) is 17.0 Å². The summed E-state index contributed by atoms with van der Waals surface area (Å²) >= 11 is 0. The summed E-state index contributed by atoms with van der Waals surface area (Å²) in [7, 11) is 0. The molecule has 2 heteroatoms. The summed E-state index contributed by atoms with van der Waals surface area (Å²) < 4.78 is 0. The maximum Gasteiger partial charge on any atom is 0.0904 e. The minimum Gasteiger partial charge on any atom is -0.411 e. The Morgan fingerprint density at radius 3 is 2.81 bits per heavy atom. The predicted molar refractivity (Wildman–Crippen MR) is 63.9 cm³/mol. The Bertz CT molecular complexity index is 424. The van der Waals surface area contributed by atoms with E-state index in [1.165, 1.54) is 43.2 Å². The Morgan fingerprint density at radius 2 is 1.94 bits per heavy atom. The van der Waals surface area contributed by atoms with Gasteiger partial charge in [-0.1, -0.05) is 42.3 Å². The molecule has 0 bridgehead atoms. The quantitative estimate of drug-likeness (QED) is 0.523. The second-order valence-corrected chi connectivity index (χ2v) is 5.00. The van der Waals surface area contributed by atoms with Gasteiger partial charge in [0.05, 0.1) is 5.71 Å². The zero-order chi connectivity index (χ0) is 11.0. The van der Waals surface area contributed by atoms with Gasteiger partial charge in [-0.05, 0) is 30.7 Å². The van der Waals surface area contributed by atoms with Crippen LogP contribution in [0.1, 0.15) is 36.8 Å². The average Bonchev–Trinajstić information content (AvgIpc) is 2.36. The molecule has 2 aliphatic carbocycles. The van der Waals surface area contributed by atoms with E-state index in [-0.39, 0.29) is 0 Å². The van der Waals surface area contributed by atoms with Gasteiger partial charge in [0.2, 0.25) is 0 Å². The van der Waals surface area contributed by atoms with Crippen LogP contribution in [0.4, 0.5) is 0 Å². The molecule has 0 saturated heterocycles. The predicted octanol–water partition coefficient (Wildman–Crippen LogP) is 3.23.